The van der Waals surface area contributed by atoms with Gasteiger partial charge in [0.1, 0.15) is 11.9 Å². The molecule has 1 aliphatic heterocycles. The minimum absolute atomic E-state index is 0.0455. The second-order valence-electron chi connectivity index (χ2n) is 9.02. The van der Waals surface area contributed by atoms with Crippen LogP contribution in [0.5, 0.6) is 5.75 Å². The van der Waals surface area contributed by atoms with Crippen LogP contribution >= 0.6 is 0 Å². The third kappa shape index (κ3) is 5.86. The van der Waals surface area contributed by atoms with Crippen LogP contribution in [-0.4, -0.2) is 50.3 Å². The highest BCUT2D eigenvalue weighted by atomic mass is 16.7. The van der Waals surface area contributed by atoms with E-state index in [0.717, 1.165) is 11.1 Å². The first kappa shape index (κ1) is 26.9. The molecule has 0 aromatic heterocycles. The van der Waals surface area contributed by atoms with E-state index < -0.39 is 30.0 Å². The van der Waals surface area contributed by atoms with E-state index in [9.17, 15) is 14.4 Å². The van der Waals surface area contributed by atoms with Gasteiger partial charge in [0, 0.05) is 11.5 Å². The number of carbonyl (C=O) groups excluding carboxylic acids is 3. The van der Waals surface area contributed by atoms with E-state index in [1.54, 1.807) is 31.4 Å². The molecular formula is C30H31NO7. The Morgan fingerprint density at radius 3 is 1.95 bits per heavy atom. The quantitative estimate of drug-likeness (QED) is 0.315. The van der Waals surface area contributed by atoms with Gasteiger partial charge in [-0.2, -0.15) is 0 Å². The number of hydroxylamine groups is 2. The molecule has 4 rings (SSSR count). The van der Waals surface area contributed by atoms with Crippen molar-refractivity contribution in [3.8, 4) is 5.75 Å². The van der Waals surface area contributed by atoms with Gasteiger partial charge < -0.3 is 14.2 Å². The summed E-state index contributed by atoms with van der Waals surface area (Å²) in [6.45, 7) is 0. The van der Waals surface area contributed by atoms with E-state index in [0.29, 0.717) is 17.7 Å². The van der Waals surface area contributed by atoms with Crippen LogP contribution in [0, 0.1) is 5.92 Å². The third-order valence-corrected chi connectivity index (χ3v) is 6.86. The molecule has 1 fully saturated rings. The summed E-state index contributed by atoms with van der Waals surface area (Å²) < 4.78 is 15.2. The van der Waals surface area contributed by atoms with E-state index in [1.807, 2.05) is 60.7 Å². The maximum absolute atomic E-state index is 13.9. The Morgan fingerprint density at radius 1 is 0.816 bits per heavy atom. The topological polar surface area (TPSA) is 91.4 Å². The Hall–Kier alpha value is -4.17. The van der Waals surface area contributed by atoms with Crippen molar-refractivity contribution in [1.82, 2.24) is 5.06 Å². The Bertz CT molecular complexity index is 1210. The average Bonchev–Trinajstić information content (AvgIpc) is 2.99. The summed E-state index contributed by atoms with van der Waals surface area (Å²) in [4.78, 5) is 45.6. The number of hydrogen-bond acceptors (Lipinski definition) is 7. The number of methoxy groups -OCH3 is 3. The molecule has 198 valence electrons. The molecule has 3 aromatic carbocycles. The second-order valence-corrected chi connectivity index (χ2v) is 9.02. The molecule has 0 bridgehead atoms. The molecule has 3 atom stereocenters. The fourth-order valence-electron chi connectivity index (χ4n) is 4.86. The molecule has 8 heteroatoms. The van der Waals surface area contributed by atoms with Crippen molar-refractivity contribution in [1.29, 1.82) is 0 Å². The molecule has 0 spiro atoms. The molecule has 1 aliphatic rings. The Kier molecular flexibility index (Phi) is 8.76. The zero-order chi connectivity index (χ0) is 27.1. The third-order valence-electron chi connectivity index (χ3n) is 6.86. The summed E-state index contributed by atoms with van der Waals surface area (Å²) in [6.07, 6.45) is 0.0204. The highest BCUT2D eigenvalue weighted by molar-refractivity contribution is 5.96. The number of rotatable bonds is 8. The smallest absolute Gasteiger partial charge is 0.320 e. The first-order chi connectivity index (χ1) is 18.5. The first-order valence-electron chi connectivity index (χ1n) is 12.4. The monoisotopic (exact) mass is 517 g/mol. The molecule has 1 saturated heterocycles. The summed E-state index contributed by atoms with van der Waals surface area (Å²) in [5.74, 6) is -2.67. The van der Waals surface area contributed by atoms with Crippen LogP contribution in [0.15, 0.2) is 84.9 Å². The van der Waals surface area contributed by atoms with Crippen molar-refractivity contribution >= 4 is 17.8 Å². The van der Waals surface area contributed by atoms with E-state index >= 15 is 0 Å². The zero-order valence-corrected chi connectivity index (χ0v) is 21.6. The van der Waals surface area contributed by atoms with Gasteiger partial charge in [-0.1, -0.05) is 60.7 Å². The van der Waals surface area contributed by atoms with Crippen molar-refractivity contribution in [3.05, 3.63) is 102 Å². The number of carbonyl (C=O) groups is 3. The minimum Gasteiger partial charge on any atom is -0.497 e. The van der Waals surface area contributed by atoms with Gasteiger partial charge >= 0.3 is 11.9 Å². The van der Waals surface area contributed by atoms with Gasteiger partial charge in [0.15, 0.2) is 5.92 Å². The van der Waals surface area contributed by atoms with Gasteiger partial charge in [-0.3, -0.25) is 19.2 Å². The lowest BCUT2D eigenvalue weighted by Gasteiger charge is -2.45. The molecule has 8 nitrogen and oxygen atoms in total. The molecular weight excluding hydrogens is 486 g/mol. The molecule has 3 unspecified atom stereocenters. The summed E-state index contributed by atoms with van der Waals surface area (Å²) in [6, 6.07) is 25.3. The van der Waals surface area contributed by atoms with Gasteiger partial charge in [-0.25, -0.2) is 5.06 Å². The Balaban J connectivity index is 1.82. The van der Waals surface area contributed by atoms with Crippen LogP contribution in [0.25, 0.3) is 0 Å². The molecule has 0 N–H and O–H groups in total. The van der Waals surface area contributed by atoms with Gasteiger partial charge in [0.05, 0.1) is 27.4 Å². The zero-order valence-electron chi connectivity index (χ0n) is 21.6. The van der Waals surface area contributed by atoms with Crippen LogP contribution in [0.3, 0.4) is 0 Å². The fraction of sp³-hybridized carbons (Fsp3) is 0.300. The standard InChI is InChI=1S/C30H31NO7/c1-35-23-16-14-20(15-17-23)24-19-27(21-10-6-4-7-11-21)38-31(28(32)22-12-8-5-9-13-22)26(24)18-25(29(33)36-2)30(34)37-3/h4-17,24-27H,18-19H2,1-3H3. The summed E-state index contributed by atoms with van der Waals surface area (Å²) in [5.41, 5.74) is 2.25. The molecule has 1 heterocycles. The lowest BCUT2D eigenvalue weighted by Crippen LogP contribution is -2.50. The molecule has 38 heavy (non-hydrogen) atoms. The predicted octanol–water partition coefficient (Wildman–Crippen LogP) is 4.72. The molecule has 0 saturated carbocycles. The number of benzene rings is 3. The maximum atomic E-state index is 13.9. The van der Waals surface area contributed by atoms with Crippen molar-refractivity contribution in [3.63, 3.8) is 0 Å². The summed E-state index contributed by atoms with van der Waals surface area (Å²) in [5, 5.41) is 1.32. The van der Waals surface area contributed by atoms with E-state index in [4.69, 9.17) is 19.0 Å². The van der Waals surface area contributed by atoms with Crippen LogP contribution < -0.4 is 4.74 Å². The van der Waals surface area contributed by atoms with Gasteiger partial charge in [0.25, 0.3) is 5.91 Å². The van der Waals surface area contributed by atoms with Gasteiger partial charge in [-0.05, 0) is 48.2 Å². The molecule has 1 amide bonds. The van der Waals surface area contributed by atoms with E-state index in [1.165, 1.54) is 19.3 Å². The number of ether oxygens (including phenoxy) is 3. The second kappa shape index (κ2) is 12.4. The normalized spacial score (nSPS) is 19.1. The van der Waals surface area contributed by atoms with Crippen LogP contribution in [0.2, 0.25) is 0 Å². The number of nitrogens with zero attached hydrogens (tertiary/aromatic N) is 1. The van der Waals surface area contributed by atoms with Crippen molar-refractivity contribution in [2.24, 2.45) is 5.92 Å². The molecule has 0 aliphatic carbocycles. The number of hydrogen-bond donors (Lipinski definition) is 0. The lowest BCUT2D eigenvalue weighted by molar-refractivity contribution is -0.227. The fourth-order valence-corrected chi connectivity index (χ4v) is 4.86. The summed E-state index contributed by atoms with van der Waals surface area (Å²) >= 11 is 0. The average molecular weight is 518 g/mol. The number of amides is 1. The van der Waals surface area contributed by atoms with E-state index in [-0.39, 0.29) is 18.2 Å². The predicted molar refractivity (Wildman–Crippen MR) is 139 cm³/mol. The summed E-state index contributed by atoms with van der Waals surface area (Å²) in [7, 11) is 4.03. The Labute approximate surface area is 222 Å². The highest BCUT2D eigenvalue weighted by Gasteiger charge is 2.45. The molecule has 3 aromatic rings. The van der Waals surface area contributed by atoms with E-state index in [2.05, 4.69) is 0 Å². The minimum atomic E-state index is -1.24. The van der Waals surface area contributed by atoms with Crippen molar-refractivity contribution < 1.29 is 33.4 Å². The van der Waals surface area contributed by atoms with Gasteiger partial charge in [0.2, 0.25) is 0 Å². The van der Waals surface area contributed by atoms with Crippen LogP contribution in [0.4, 0.5) is 0 Å². The van der Waals surface area contributed by atoms with Crippen LogP contribution in [0.1, 0.15) is 46.3 Å². The SMILES string of the molecule is COC(=O)C(CC1C(c2ccc(OC)cc2)CC(c2ccccc2)ON1C(=O)c1ccccc1)C(=O)OC. The van der Waals surface area contributed by atoms with Gasteiger partial charge in [-0.15, -0.1) is 0 Å². The van der Waals surface area contributed by atoms with Crippen molar-refractivity contribution in [2.75, 3.05) is 21.3 Å². The maximum Gasteiger partial charge on any atom is 0.320 e. The first-order valence-corrected chi connectivity index (χ1v) is 12.4. The largest absolute Gasteiger partial charge is 0.497 e. The van der Waals surface area contributed by atoms with Crippen LogP contribution in [-0.2, 0) is 23.9 Å². The van der Waals surface area contributed by atoms with Crippen molar-refractivity contribution in [2.45, 2.75) is 30.9 Å². The molecule has 0 radical (unpaired) electrons. The lowest BCUT2D eigenvalue weighted by atomic mass is 9.79. The number of esters is 2. The highest BCUT2D eigenvalue weighted by Crippen LogP contribution is 2.44. The Morgan fingerprint density at radius 2 is 1.39 bits per heavy atom.